The Morgan fingerprint density at radius 2 is 1.76 bits per heavy atom. The van der Waals surface area contributed by atoms with Crippen LogP contribution in [0.4, 0.5) is 0 Å². The van der Waals surface area contributed by atoms with Crippen molar-refractivity contribution in [1.29, 1.82) is 5.26 Å². The van der Waals surface area contributed by atoms with Crippen LogP contribution >= 0.6 is 0 Å². The van der Waals surface area contributed by atoms with Crippen molar-refractivity contribution in [2.24, 2.45) is 0 Å². The molecule has 104 valence electrons. The molecule has 0 saturated heterocycles. The molecule has 0 atom stereocenters. The van der Waals surface area contributed by atoms with Crippen molar-refractivity contribution in [1.82, 2.24) is 14.6 Å². The SMILES string of the molecule is CC(C)(C)c1ccc(-c2nc3ccc(C#N)cn3n2)cc1. The fourth-order valence-corrected chi connectivity index (χ4v) is 2.19. The molecule has 0 spiro atoms. The van der Waals surface area contributed by atoms with Gasteiger partial charge in [-0.05, 0) is 23.1 Å². The average molecular weight is 276 g/mol. The van der Waals surface area contributed by atoms with E-state index in [1.807, 2.05) is 12.1 Å². The molecule has 1 aromatic carbocycles. The van der Waals surface area contributed by atoms with Crippen LogP contribution in [0.2, 0.25) is 0 Å². The maximum atomic E-state index is 8.92. The molecule has 3 aromatic rings. The highest BCUT2D eigenvalue weighted by atomic mass is 15.3. The van der Waals surface area contributed by atoms with E-state index < -0.39 is 0 Å². The Balaban J connectivity index is 2.02. The van der Waals surface area contributed by atoms with Gasteiger partial charge in [0.15, 0.2) is 11.5 Å². The lowest BCUT2D eigenvalue weighted by molar-refractivity contribution is 0.590. The first-order valence-electron chi connectivity index (χ1n) is 6.85. The molecule has 0 aliphatic heterocycles. The molecule has 4 nitrogen and oxygen atoms in total. The Labute approximate surface area is 123 Å². The molecule has 4 heteroatoms. The molecule has 0 saturated carbocycles. The molecule has 0 N–H and O–H groups in total. The van der Waals surface area contributed by atoms with Gasteiger partial charge in [-0.15, -0.1) is 5.10 Å². The molecule has 21 heavy (non-hydrogen) atoms. The van der Waals surface area contributed by atoms with Crippen molar-refractivity contribution < 1.29 is 0 Å². The summed E-state index contributed by atoms with van der Waals surface area (Å²) >= 11 is 0. The lowest BCUT2D eigenvalue weighted by Crippen LogP contribution is -2.10. The van der Waals surface area contributed by atoms with Gasteiger partial charge in [0.05, 0.1) is 5.56 Å². The summed E-state index contributed by atoms with van der Waals surface area (Å²) in [4.78, 5) is 4.49. The third-order valence-corrected chi connectivity index (χ3v) is 3.47. The number of aromatic nitrogens is 3. The Hall–Kier alpha value is -2.67. The van der Waals surface area contributed by atoms with Crippen molar-refractivity contribution in [3.8, 4) is 17.5 Å². The van der Waals surface area contributed by atoms with E-state index in [1.54, 1.807) is 22.8 Å². The van der Waals surface area contributed by atoms with Gasteiger partial charge in [0.1, 0.15) is 6.07 Å². The van der Waals surface area contributed by atoms with Crippen molar-refractivity contribution >= 4 is 5.65 Å². The molecule has 0 aliphatic carbocycles. The van der Waals surface area contributed by atoms with Crippen molar-refractivity contribution in [3.63, 3.8) is 0 Å². The second kappa shape index (κ2) is 4.71. The predicted octanol–water partition coefficient (Wildman–Crippen LogP) is 3.57. The summed E-state index contributed by atoms with van der Waals surface area (Å²) in [5, 5.41) is 13.4. The van der Waals surface area contributed by atoms with Crippen LogP contribution in [-0.4, -0.2) is 14.6 Å². The number of hydrogen-bond acceptors (Lipinski definition) is 3. The molecule has 2 heterocycles. The number of benzene rings is 1. The van der Waals surface area contributed by atoms with Crippen LogP contribution in [0.3, 0.4) is 0 Å². The van der Waals surface area contributed by atoms with Crippen LogP contribution in [0.25, 0.3) is 17.0 Å². The fourth-order valence-electron chi connectivity index (χ4n) is 2.19. The van der Waals surface area contributed by atoms with Gasteiger partial charge >= 0.3 is 0 Å². The highest BCUT2D eigenvalue weighted by molar-refractivity contribution is 5.59. The predicted molar refractivity (Wildman–Crippen MR) is 81.8 cm³/mol. The van der Waals surface area contributed by atoms with Crippen molar-refractivity contribution in [2.45, 2.75) is 26.2 Å². The van der Waals surface area contributed by atoms with Gasteiger partial charge in [-0.2, -0.15) is 5.26 Å². The third-order valence-electron chi connectivity index (χ3n) is 3.47. The average Bonchev–Trinajstić information content (AvgIpc) is 2.89. The number of nitriles is 1. The fraction of sp³-hybridized carbons (Fsp3) is 0.235. The maximum Gasteiger partial charge on any atom is 0.182 e. The van der Waals surface area contributed by atoms with E-state index in [0.717, 1.165) is 11.2 Å². The van der Waals surface area contributed by atoms with E-state index >= 15 is 0 Å². The molecule has 0 bridgehead atoms. The van der Waals surface area contributed by atoms with E-state index in [9.17, 15) is 0 Å². The topological polar surface area (TPSA) is 54.0 Å². The van der Waals surface area contributed by atoms with E-state index in [4.69, 9.17) is 5.26 Å². The summed E-state index contributed by atoms with van der Waals surface area (Å²) in [6, 6.07) is 14.0. The van der Waals surface area contributed by atoms with Gasteiger partial charge in [0.2, 0.25) is 0 Å². The molecule has 2 aromatic heterocycles. The molecule has 0 fully saturated rings. The van der Waals surface area contributed by atoms with Crippen LogP contribution in [0.1, 0.15) is 31.9 Å². The van der Waals surface area contributed by atoms with Crippen LogP contribution in [0.15, 0.2) is 42.6 Å². The van der Waals surface area contributed by atoms with Crippen LogP contribution in [0.5, 0.6) is 0 Å². The Bertz CT molecular complexity index is 830. The lowest BCUT2D eigenvalue weighted by Gasteiger charge is -2.18. The Kier molecular flexibility index (Phi) is 2.99. The van der Waals surface area contributed by atoms with Gasteiger partial charge in [-0.25, -0.2) is 9.50 Å². The summed E-state index contributed by atoms with van der Waals surface area (Å²) < 4.78 is 1.64. The number of fused-ring (bicyclic) bond motifs is 1. The molecule has 0 amide bonds. The molecular formula is C17H16N4. The largest absolute Gasteiger partial charge is 0.219 e. The van der Waals surface area contributed by atoms with Gasteiger partial charge in [-0.1, -0.05) is 45.0 Å². The summed E-state index contributed by atoms with van der Waals surface area (Å²) in [6.07, 6.45) is 1.69. The number of hydrogen-bond donors (Lipinski definition) is 0. The minimum Gasteiger partial charge on any atom is -0.219 e. The highest BCUT2D eigenvalue weighted by Gasteiger charge is 2.14. The first kappa shape index (κ1) is 13.3. The number of nitrogens with zero attached hydrogens (tertiary/aromatic N) is 4. The zero-order chi connectivity index (χ0) is 15.0. The molecule has 0 aliphatic rings. The van der Waals surface area contributed by atoms with Gasteiger partial charge in [-0.3, -0.25) is 0 Å². The smallest absolute Gasteiger partial charge is 0.182 e. The number of rotatable bonds is 1. The van der Waals surface area contributed by atoms with E-state index in [2.05, 4.69) is 49.1 Å². The highest BCUT2D eigenvalue weighted by Crippen LogP contribution is 2.25. The van der Waals surface area contributed by atoms with Crippen molar-refractivity contribution in [3.05, 3.63) is 53.7 Å². The molecule has 0 radical (unpaired) electrons. The van der Waals surface area contributed by atoms with E-state index in [1.165, 1.54) is 5.56 Å². The van der Waals surface area contributed by atoms with Gasteiger partial charge in [0.25, 0.3) is 0 Å². The Morgan fingerprint density at radius 3 is 2.38 bits per heavy atom. The molecule has 3 rings (SSSR count). The number of pyridine rings is 1. The van der Waals surface area contributed by atoms with Crippen LogP contribution < -0.4 is 0 Å². The first-order valence-corrected chi connectivity index (χ1v) is 6.85. The zero-order valence-corrected chi connectivity index (χ0v) is 12.3. The van der Waals surface area contributed by atoms with Crippen molar-refractivity contribution in [2.75, 3.05) is 0 Å². The van der Waals surface area contributed by atoms with E-state index in [-0.39, 0.29) is 5.41 Å². The summed E-state index contributed by atoms with van der Waals surface area (Å²) in [6.45, 7) is 6.57. The Morgan fingerprint density at radius 1 is 1.05 bits per heavy atom. The summed E-state index contributed by atoms with van der Waals surface area (Å²) in [5.41, 5.74) is 3.70. The third kappa shape index (κ3) is 2.50. The van der Waals surface area contributed by atoms with Gasteiger partial charge < -0.3 is 0 Å². The monoisotopic (exact) mass is 276 g/mol. The minimum absolute atomic E-state index is 0.132. The van der Waals surface area contributed by atoms with E-state index in [0.29, 0.717) is 11.4 Å². The molecular weight excluding hydrogens is 260 g/mol. The van der Waals surface area contributed by atoms with Crippen LogP contribution in [0, 0.1) is 11.3 Å². The first-order chi connectivity index (χ1) is 9.97. The quantitative estimate of drug-likeness (QED) is 0.682. The van der Waals surface area contributed by atoms with Crippen LogP contribution in [-0.2, 0) is 5.41 Å². The zero-order valence-electron chi connectivity index (χ0n) is 12.3. The standard InChI is InChI=1S/C17H16N4/c1-17(2,3)14-7-5-13(6-8-14)16-19-15-9-4-12(10-18)11-21(15)20-16/h4-9,11H,1-3H3. The second-order valence-corrected chi connectivity index (χ2v) is 6.10. The summed E-state index contributed by atoms with van der Waals surface area (Å²) in [5.74, 6) is 0.672. The normalized spacial score (nSPS) is 11.5. The minimum atomic E-state index is 0.132. The lowest BCUT2D eigenvalue weighted by atomic mass is 9.87. The molecule has 0 unspecified atom stereocenters. The summed E-state index contributed by atoms with van der Waals surface area (Å²) in [7, 11) is 0. The maximum absolute atomic E-state index is 8.92. The second-order valence-electron chi connectivity index (χ2n) is 6.10. The van der Waals surface area contributed by atoms with Gasteiger partial charge in [0, 0.05) is 11.8 Å².